The molecule has 5 rings (SSSR count). The normalized spacial score (nSPS) is 18.1. The number of hydrogen-bond acceptors (Lipinski definition) is 7. The lowest BCUT2D eigenvalue weighted by Crippen LogP contribution is -2.55. The summed E-state index contributed by atoms with van der Waals surface area (Å²) >= 11 is 0. The molecule has 1 aliphatic rings. The first kappa shape index (κ1) is 26.5. The van der Waals surface area contributed by atoms with Crippen LogP contribution in [0.3, 0.4) is 0 Å². The fourth-order valence-electron chi connectivity index (χ4n) is 4.65. The quantitative estimate of drug-likeness (QED) is 0.255. The van der Waals surface area contributed by atoms with Crippen LogP contribution in [0, 0.1) is 24.4 Å². The molecule has 4 aromatic rings. The lowest BCUT2D eigenvalue weighted by Gasteiger charge is -2.40. The lowest BCUT2D eigenvalue weighted by molar-refractivity contribution is -0.259. The van der Waals surface area contributed by atoms with Crippen molar-refractivity contribution in [2.45, 2.75) is 44.2 Å². The van der Waals surface area contributed by atoms with E-state index >= 15 is 0 Å². The van der Waals surface area contributed by atoms with E-state index in [1.807, 2.05) is 0 Å². The third-order valence-corrected chi connectivity index (χ3v) is 6.41. The van der Waals surface area contributed by atoms with Gasteiger partial charge in [-0.2, -0.15) is 13.2 Å². The van der Waals surface area contributed by atoms with Crippen LogP contribution < -0.4 is 9.47 Å². The second-order valence-corrected chi connectivity index (χ2v) is 8.90. The van der Waals surface area contributed by atoms with Crippen molar-refractivity contribution in [3.8, 4) is 34.2 Å². The maximum Gasteiger partial charge on any atom is 0.418 e. The van der Waals surface area contributed by atoms with E-state index in [-0.39, 0.29) is 18.8 Å². The molecule has 206 valence electrons. The Morgan fingerprint density at radius 1 is 1.10 bits per heavy atom. The average molecular weight is 554 g/mol. The number of alkyl halides is 3. The van der Waals surface area contributed by atoms with Gasteiger partial charge in [-0.1, -0.05) is 6.07 Å². The van der Waals surface area contributed by atoms with E-state index in [1.165, 1.54) is 17.9 Å². The third kappa shape index (κ3) is 4.58. The van der Waals surface area contributed by atoms with Gasteiger partial charge >= 0.3 is 6.18 Å². The van der Waals surface area contributed by atoms with E-state index in [2.05, 4.69) is 15.2 Å². The zero-order chi connectivity index (χ0) is 28.1. The van der Waals surface area contributed by atoms with Crippen LogP contribution in [0.4, 0.5) is 26.3 Å². The first-order valence-electron chi connectivity index (χ1n) is 11.6. The summed E-state index contributed by atoms with van der Waals surface area (Å²) in [5, 5.41) is 18.4. The van der Waals surface area contributed by atoms with Crippen LogP contribution >= 0.6 is 0 Å². The first-order chi connectivity index (χ1) is 18.4. The van der Waals surface area contributed by atoms with Crippen LogP contribution in [-0.2, 0) is 12.1 Å². The number of aliphatic hydroxyl groups excluding tert-OH is 1. The van der Waals surface area contributed by atoms with E-state index < -0.39 is 53.3 Å². The summed E-state index contributed by atoms with van der Waals surface area (Å²) in [7, 11) is 1.42. The van der Waals surface area contributed by atoms with Crippen molar-refractivity contribution in [3.05, 3.63) is 65.7 Å². The fourth-order valence-corrected chi connectivity index (χ4v) is 4.65. The molecule has 2 unspecified atom stereocenters. The number of aliphatic hydroxyl groups is 1. The molecule has 0 saturated carbocycles. The number of oxazole rings is 1. The minimum atomic E-state index is -5.22. The van der Waals surface area contributed by atoms with E-state index in [4.69, 9.17) is 13.9 Å². The number of benzene rings is 2. The minimum absolute atomic E-state index is 0.0455. The van der Waals surface area contributed by atoms with Crippen molar-refractivity contribution in [1.29, 1.82) is 0 Å². The Morgan fingerprint density at radius 2 is 1.82 bits per heavy atom. The summed E-state index contributed by atoms with van der Waals surface area (Å²) in [5.74, 6) is -5.01. The Balaban J connectivity index is 1.62. The van der Waals surface area contributed by atoms with Gasteiger partial charge in [0.15, 0.2) is 46.9 Å². The van der Waals surface area contributed by atoms with Gasteiger partial charge in [0, 0.05) is 31.2 Å². The molecule has 0 amide bonds. The van der Waals surface area contributed by atoms with E-state index in [9.17, 15) is 31.4 Å². The van der Waals surface area contributed by atoms with Crippen molar-refractivity contribution in [2.24, 2.45) is 0 Å². The molecule has 0 saturated heterocycles. The molecule has 0 radical (unpaired) electrons. The Bertz CT molecular complexity index is 1510. The summed E-state index contributed by atoms with van der Waals surface area (Å²) in [6.07, 6.45) is -7.25. The van der Waals surface area contributed by atoms with Crippen LogP contribution in [0.2, 0.25) is 0 Å². The highest BCUT2D eigenvalue weighted by Gasteiger charge is 2.59. The number of ether oxygens (including phenoxy) is 2. The van der Waals surface area contributed by atoms with Crippen molar-refractivity contribution >= 4 is 0 Å². The number of aromatic nitrogens is 4. The highest BCUT2D eigenvalue weighted by atomic mass is 19.4. The van der Waals surface area contributed by atoms with E-state index in [1.54, 1.807) is 25.1 Å². The summed E-state index contributed by atoms with van der Waals surface area (Å²) in [5.41, 5.74) is -1.67. The monoisotopic (exact) mass is 554 g/mol. The van der Waals surface area contributed by atoms with Gasteiger partial charge in [-0.15, -0.1) is 10.2 Å². The topological polar surface area (TPSA) is 95.4 Å². The van der Waals surface area contributed by atoms with E-state index in [0.29, 0.717) is 40.7 Å². The van der Waals surface area contributed by atoms with Crippen LogP contribution in [0.15, 0.2) is 40.9 Å². The second-order valence-electron chi connectivity index (χ2n) is 8.90. The number of fused-ring (bicyclic) bond motifs is 1. The summed E-state index contributed by atoms with van der Waals surface area (Å²) in [6.45, 7) is 1.82. The fraction of sp³-hybridized carbons (Fsp3) is 0.320. The Labute approximate surface area is 216 Å². The van der Waals surface area contributed by atoms with Crippen LogP contribution in [0.5, 0.6) is 11.5 Å². The Hall–Kier alpha value is -4.07. The molecule has 0 aliphatic carbocycles. The van der Waals surface area contributed by atoms with Gasteiger partial charge < -0.3 is 23.6 Å². The zero-order valence-corrected chi connectivity index (χ0v) is 20.4. The van der Waals surface area contributed by atoms with Crippen molar-refractivity contribution in [1.82, 2.24) is 19.7 Å². The molecular weight excluding hydrogens is 534 g/mol. The van der Waals surface area contributed by atoms with Gasteiger partial charge in [-0.3, -0.25) is 0 Å². The van der Waals surface area contributed by atoms with Gasteiger partial charge in [0.25, 0.3) is 0 Å². The van der Waals surface area contributed by atoms with Crippen LogP contribution in [0.25, 0.3) is 22.7 Å². The standard InChI is InChI=1S/C25H20F6N4O4/c1-12-32-11-19(38-12)15-5-4-13(8-18(15)37-2)21-33-34-23-24(6-3-7-35(21)23,22(36)25(29,30)31)39-14-9-16(26)20(28)17(27)10-14/h4-5,8-11,22,36H,3,6-7H2,1-2H3. The summed E-state index contributed by atoms with van der Waals surface area (Å²) < 4.78 is 101. The molecule has 1 N–H and O–H groups in total. The van der Waals surface area contributed by atoms with Gasteiger partial charge in [-0.05, 0) is 25.0 Å². The van der Waals surface area contributed by atoms with Gasteiger partial charge in [0.1, 0.15) is 11.5 Å². The molecule has 2 aromatic heterocycles. The SMILES string of the molecule is COc1cc(-c2nnc3n2CCCC3(Oc2cc(F)c(F)c(F)c2)C(O)C(F)(F)F)ccc1-c1cnc(C)o1. The zero-order valence-electron chi connectivity index (χ0n) is 20.4. The number of aryl methyl sites for hydroxylation is 1. The molecule has 8 nitrogen and oxygen atoms in total. The Morgan fingerprint density at radius 3 is 2.44 bits per heavy atom. The number of methoxy groups -OCH3 is 1. The number of rotatable bonds is 6. The third-order valence-electron chi connectivity index (χ3n) is 6.41. The summed E-state index contributed by atoms with van der Waals surface area (Å²) in [6, 6.07) is 5.64. The van der Waals surface area contributed by atoms with Gasteiger partial charge in [0.2, 0.25) is 5.60 Å². The maximum atomic E-state index is 13.9. The van der Waals surface area contributed by atoms with Crippen molar-refractivity contribution in [3.63, 3.8) is 0 Å². The van der Waals surface area contributed by atoms with Crippen molar-refractivity contribution < 1.29 is 45.3 Å². The molecule has 3 heterocycles. The largest absolute Gasteiger partial charge is 0.496 e. The Kier molecular flexibility index (Phi) is 6.53. The number of hydrogen-bond donors (Lipinski definition) is 1. The molecule has 0 fully saturated rings. The predicted octanol–water partition coefficient (Wildman–Crippen LogP) is 5.33. The highest BCUT2D eigenvalue weighted by Crippen LogP contribution is 2.45. The predicted molar refractivity (Wildman–Crippen MR) is 122 cm³/mol. The second kappa shape index (κ2) is 9.59. The smallest absolute Gasteiger partial charge is 0.418 e. The van der Waals surface area contributed by atoms with Crippen LogP contribution in [0.1, 0.15) is 24.6 Å². The van der Waals surface area contributed by atoms with Crippen LogP contribution in [-0.4, -0.2) is 44.2 Å². The highest BCUT2D eigenvalue weighted by molar-refractivity contribution is 5.71. The maximum absolute atomic E-state index is 13.9. The molecule has 1 aliphatic heterocycles. The summed E-state index contributed by atoms with van der Waals surface area (Å²) in [4.78, 5) is 4.05. The molecular formula is C25H20F6N4O4. The first-order valence-corrected chi connectivity index (χ1v) is 11.6. The van der Waals surface area contributed by atoms with E-state index in [0.717, 1.165) is 0 Å². The minimum Gasteiger partial charge on any atom is -0.496 e. The average Bonchev–Trinajstić information content (AvgIpc) is 3.53. The lowest BCUT2D eigenvalue weighted by atomic mass is 9.86. The molecule has 14 heteroatoms. The number of halogens is 6. The molecule has 0 bridgehead atoms. The molecule has 2 atom stereocenters. The van der Waals surface area contributed by atoms with Crippen molar-refractivity contribution in [2.75, 3.05) is 7.11 Å². The number of nitrogens with zero attached hydrogens (tertiary/aromatic N) is 4. The molecule has 39 heavy (non-hydrogen) atoms. The van der Waals surface area contributed by atoms with Gasteiger partial charge in [-0.25, -0.2) is 18.2 Å². The molecule has 2 aromatic carbocycles. The molecule has 0 spiro atoms. The van der Waals surface area contributed by atoms with Gasteiger partial charge in [0.05, 0.1) is 18.9 Å².